The third kappa shape index (κ3) is 5.13. The standard InChI is InChI=1S/C24H27N3O5S/c1-32-23-15-21(24(28)29)25-16-19(23)13-12-17-7-2-4-10-20(17)26-33(30,31)27-14-6-9-18-8-3-5-11-22(18)27/h2,4,7,10,15-16,18,22,26H,3,5-6,8-9,11,14H2,1H3,(H,28,29). The summed E-state index contributed by atoms with van der Waals surface area (Å²) < 4.78 is 36.3. The van der Waals surface area contributed by atoms with E-state index in [4.69, 9.17) is 9.84 Å². The number of carbonyl (C=O) groups is 1. The number of aromatic nitrogens is 1. The number of anilines is 1. The number of fused-ring (bicyclic) bond motifs is 1. The number of aromatic carboxylic acids is 1. The Balaban J connectivity index is 1.60. The van der Waals surface area contributed by atoms with Gasteiger partial charge in [-0.3, -0.25) is 4.72 Å². The fraction of sp³-hybridized carbons (Fsp3) is 0.417. The fourth-order valence-electron chi connectivity index (χ4n) is 4.71. The number of hydrogen-bond donors (Lipinski definition) is 2. The van der Waals surface area contributed by atoms with Crippen LogP contribution in [-0.2, 0) is 10.2 Å². The van der Waals surface area contributed by atoms with Crippen LogP contribution in [0.25, 0.3) is 0 Å². The monoisotopic (exact) mass is 469 g/mol. The number of piperidine rings is 1. The zero-order valence-corrected chi connectivity index (χ0v) is 19.3. The van der Waals surface area contributed by atoms with Gasteiger partial charge in [-0.1, -0.05) is 36.8 Å². The minimum absolute atomic E-state index is 0.0614. The fourth-order valence-corrected chi connectivity index (χ4v) is 6.28. The molecule has 1 aliphatic heterocycles. The number of nitrogens with one attached hydrogen (secondary N) is 1. The molecule has 1 aliphatic carbocycles. The third-order valence-corrected chi connectivity index (χ3v) is 7.85. The van der Waals surface area contributed by atoms with Gasteiger partial charge in [0.05, 0.1) is 18.4 Å². The Morgan fingerprint density at radius 3 is 2.67 bits per heavy atom. The smallest absolute Gasteiger partial charge is 0.354 e. The number of pyridine rings is 1. The van der Waals surface area contributed by atoms with Crippen LogP contribution < -0.4 is 9.46 Å². The Hall–Kier alpha value is -3.09. The summed E-state index contributed by atoms with van der Waals surface area (Å²) in [5.41, 5.74) is 1.16. The quantitative estimate of drug-likeness (QED) is 0.649. The molecule has 2 atom stereocenters. The largest absolute Gasteiger partial charge is 0.495 e. The number of methoxy groups -OCH3 is 1. The van der Waals surface area contributed by atoms with Crippen molar-refractivity contribution in [1.29, 1.82) is 0 Å². The van der Waals surface area contributed by atoms with Gasteiger partial charge in [-0.2, -0.15) is 12.7 Å². The van der Waals surface area contributed by atoms with Crippen LogP contribution in [0, 0.1) is 17.8 Å². The van der Waals surface area contributed by atoms with E-state index in [2.05, 4.69) is 21.5 Å². The summed E-state index contributed by atoms with van der Waals surface area (Å²) in [4.78, 5) is 15.0. The van der Waals surface area contributed by atoms with Gasteiger partial charge >= 0.3 is 16.2 Å². The number of benzene rings is 1. The summed E-state index contributed by atoms with van der Waals surface area (Å²) in [7, 11) is -2.30. The molecule has 2 heterocycles. The van der Waals surface area contributed by atoms with Crippen LogP contribution >= 0.6 is 0 Å². The second-order valence-electron chi connectivity index (χ2n) is 8.34. The molecule has 0 amide bonds. The predicted octanol–water partition coefficient (Wildman–Crippen LogP) is 3.50. The molecule has 8 nitrogen and oxygen atoms in total. The van der Waals surface area contributed by atoms with Crippen molar-refractivity contribution in [2.45, 2.75) is 44.6 Å². The van der Waals surface area contributed by atoms with Crippen molar-refractivity contribution in [1.82, 2.24) is 9.29 Å². The first-order chi connectivity index (χ1) is 15.9. The zero-order valence-electron chi connectivity index (χ0n) is 18.5. The highest BCUT2D eigenvalue weighted by atomic mass is 32.2. The highest BCUT2D eigenvalue weighted by molar-refractivity contribution is 7.90. The van der Waals surface area contributed by atoms with E-state index in [1.165, 1.54) is 25.8 Å². The maximum Gasteiger partial charge on any atom is 0.354 e. The molecule has 0 bridgehead atoms. The highest BCUT2D eigenvalue weighted by Crippen LogP contribution is 2.37. The molecule has 0 radical (unpaired) electrons. The summed E-state index contributed by atoms with van der Waals surface area (Å²) in [6.07, 6.45) is 7.54. The minimum atomic E-state index is -3.73. The molecule has 2 unspecified atom stereocenters. The molecule has 1 saturated carbocycles. The topological polar surface area (TPSA) is 109 Å². The molecule has 2 N–H and O–H groups in total. The number of rotatable bonds is 5. The summed E-state index contributed by atoms with van der Waals surface area (Å²) in [5, 5.41) is 9.10. The molecule has 1 saturated heterocycles. The van der Waals surface area contributed by atoms with Crippen molar-refractivity contribution in [2.24, 2.45) is 5.92 Å². The lowest BCUT2D eigenvalue weighted by Gasteiger charge is -2.43. The van der Waals surface area contributed by atoms with E-state index < -0.39 is 16.2 Å². The first-order valence-electron chi connectivity index (χ1n) is 11.1. The molecule has 2 aromatic rings. The Kier molecular flexibility index (Phi) is 6.86. The van der Waals surface area contributed by atoms with Crippen LogP contribution in [0.2, 0.25) is 0 Å². The van der Waals surface area contributed by atoms with Crippen molar-refractivity contribution < 1.29 is 23.1 Å². The van der Waals surface area contributed by atoms with E-state index in [-0.39, 0.29) is 17.5 Å². The molecule has 4 rings (SSSR count). The average molecular weight is 470 g/mol. The summed E-state index contributed by atoms with van der Waals surface area (Å²) in [5.74, 6) is 5.45. The lowest BCUT2D eigenvalue weighted by molar-refractivity contribution is 0.0690. The minimum Gasteiger partial charge on any atom is -0.495 e. The van der Waals surface area contributed by atoms with E-state index >= 15 is 0 Å². The van der Waals surface area contributed by atoms with E-state index in [0.29, 0.717) is 29.3 Å². The third-order valence-electron chi connectivity index (χ3n) is 6.30. The number of nitrogens with zero attached hydrogens (tertiary/aromatic N) is 2. The van der Waals surface area contributed by atoms with Crippen LogP contribution in [0.4, 0.5) is 5.69 Å². The average Bonchev–Trinajstić information content (AvgIpc) is 2.82. The van der Waals surface area contributed by atoms with Gasteiger partial charge in [0.15, 0.2) is 5.69 Å². The maximum absolute atomic E-state index is 13.3. The van der Waals surface area contributed by atoms with Crippen molar-refractivity contribution in [3.8, 4) is 17.6 Å². The summed E-state index contributed by atoms with van der Waals surface area (Å²) in [6, 6.07) is 8.32. The molecular formula is C24H27N3O5S. The zero-order chi connectivity index (χ0) is 23.4. The normalized spacial score (nSPS) is 20.8. The van der Waals surface area contributed by atoms with Crippen LogP contribution in [-0.4, -0.2) is 48.5 Å². The van der Waals surface area contributed by atoms with E-state index in [1.807, 2.05) is 0 Å². The van der Waals surface area contributed by atoms with Gasteiger partial charge in [0, 0.05) is 30.4 Å². The number of carboxylic acids is 1. The Morgan fingerprint density at radius 2 is 1.88 bits per heavy atom. The van der Waals surface area contributed by atoms with Gasteiger partial charge in [0.25, 0.3) is 0 Å². The number of ether oxygens (including phenoxy) is 1. The lowest BCUT2D eigenvalue weighted by Crippen LogP contribution is -2.51. The molecule has 1 aromatic heterocycles. The van der Waals surface area contributed by atoms with Gasteiger partial charge in [-0.25, -0.2) is 9.78 Å². The first-order valence-corrected chi connectivity index (χ1v) is 12.5. The van der Waals surface area contributed by atoms with Crippen molar-refractivity contribution in [2.75, 3.05) is 18.4 Å². The predicted molar refractivity (Wildman–Crippen MR) is 124 cm³/mol. The van der Waals surface area contributed by atoms with E-state index in [9.17, 15) is 13.2 Å². The molecule has 0 spiro atoms. The molecule has 1 aromatic carbocycles. The second kappa shape index (κ2) is 9.81. The Labute approximate surface area is 194 Å². The van der Waals surface area contributed by atoms with Gasteiger partial charge in [0.2, 0.25) is 0 Å². The number of carboxylic acid groups (broad SMARTS) is 1. The molecular weight excluding hydrogens is 442 g/mol. The van der Waals surface area contributed by atoms with Crippen molar-refractivity contribution in [3.63, 3.8) is 0 Å². The van der Waals surface area contributed by atoms with Crippen molar-refractivity contribution in [3.05, 3.63) is 53.3 Å². The number of para-hydroxylation sites is 1. The van der Waals surface area contributed by atoms with Gasteiger partial charge in [-0.15, -0.1) is 0 Å². The maximum atomic E-state index is 13.3. The van der Waals surface area contributed by atoms with Gasteiger partial charge < -0.3 is 9.84 Å². The highest BCUT2D eigenvalue weighted by Gasteiger charge is 2.39. The Morgan fingerprint density at radius 1 is 1.15 bits per heavy atom. The first kappa shape index (κ1) is 23.1. The van der Waals surface area contributed by atoms with Crippen LogP contribution in [0.1, 0.15) is 60.1 Å². The van der Waals surface area contributed by atoms with Gasteiger partial charge in [-0.05, 0) is 43.7 Å². The van der Waals surface area contributed by atoms with E-state index in [0.717, 1.165) is 32.1 Å². The van der Waals surface area contributed by atoms with Crippen molar-refractivity contribution >= 4 is 21.9 Å². The summed E-state index contributed by atoms with van der Waals surface area (Å²) >= 11 is 0. The molecule has 2 aliphatic rings. The molecule has 2 fully saturated rings. The molecule has 33 heavy (non-hydrogen) atoms. The molecule has 174 valence electrons. The number of hydrogen-bond acceptors (Lipinski definition) is 5. The Bertz CT molecular complexity index is 1200. The van der Waals surface area contributed by atoms with Gasteiger partial charge in [0.1, 0.15) is 5.75 Å². The van der Waals surface area contributed by atoms with E-state index in [1.54, 1.807) is 28.6 Å². The SMILES string of the molecule is COc1cc(C(=O)O)ncc1C#Cc1ccccc1NS(=O)(=O)N1CCCC2CCCCC21. The summed E-state index contributed by atoms with van der Waals surface area (Å²) in [6.45, 7) is 0.531. The van der Waals surface area contributed by atoms with Crippen LogP contribution in [0.15, 0.2) is 36.5 Å². The van der Waals surface area contributed by atoms with Crippen LogP contribution in [0.3, 0.4) is 0 Å². The molecule has 9 heteroatoms. The lowest BCUT2D eigenvalue weighted by atomic mass is 9.79. The second-order valence-corrected chi connectivity index (χ2v) is 9.97. The van der Waals surface area contributed by atoms with Crippen LogP contribution in [0.5, 0.6) is 5.75 Å².